The van der Waals surface area contributed by atoms with E-state index in [0.29, 0.717) is 19.6 Å². The highest BCUT2D eigenvalue weighted by Gasteiger charge is 2.40. The van der Waals surface area contributed by atoms with Crippen LogP contribution in [-0.2, 0) is 14.6 Å². The van der Waals surface area contributed by atoms with Crippen LogP contribution in [0.5, 0.6) is 0 Å². The van der Waals surface area contributed by atoms with Gasteiger partial charge in [-0.25, -0.2) is 8.42 Å². The maximum atomic E-state index is 12.1. The topological polar surface area (TPSA) is 74.2 Å². The van der Waals surface area contributed by atoms with Crippen molar-refractivity contribution in [3.63, 3.8) is 0 Å². The van der Waals surface area contributed by atoms with Crippen LogP contribution in [0.15, 0.2) is 4.99 Å². The van der Waals surface area contributed by atoms with Crippen molar-refractivity contribution in [1.82, 2.24) is 15.1 Å². The molecular formula is C15H31IN4O3S. The van der Waals surface area contributed by atoms with Gasteiger partial charge in [-0.05, 0) is 20.8 Å². The largest absolute Gasteiger partial charge is 0.379 e. The molecule has 0 amide bonds. The summed E-state index contributed by atoms with van der Waals surface area (Å²) in [5.74, 6) is 1.01. The summed E-state index contributed by atoms with van der Waals surface area (Å²) in [5, 5.41) is 3.29. The monoisotopic (exact) mass is 474 g/mol. The molecule has 2 aliphatic rings. The van der Waals surface area contributed by atoms with Gasteiger partial charge in [0, 0.05) is 39.3 Å². The highest BCUT2D eigenvalue weighted by molar-refractivity contribution is 14.0. The number of nitrogens with one attached hydrogen (secondary N) is 1. The van der Waals surface area contributed by atoms with Crippen molar-refractivity contribution in [2.75, 3.05) is 64.8 Å². The Labute approximate surface area is 163 Å². The van der Waals surface area contributed by atoms with Crippen LogP contribution >= 0.6 is 24.0 Å². The molecule has 2 aliphatic heterocycles. The molecule has 9 heteroatoms. The standard InChI is InChI=1S/C15H30N4O3S.HI/c1-4-16-14(17-5-6-18-7-10-22-11-8-18)19-9-12-23(20,21)15(2,3)13-19;/h4-13H2,1-3H3,(H,16,17);1H. The Morgan fingerprint density at radius 1 is 1.25 bits per heavy atom. The maximum absolute atomic E-state index is 12.1. The molecule has 1 N–H and O–H groups in total. The number of ether oxygens (including phenoxy) is 1. The molecule has 0 atom stereocenters. The zero-order valence-corrected chi connectivity index (χ0v) is 18.1. The molecule has 7 nitrogen and oxygen atoms in total. The van der Waals surface area contributed by atoms with Crippen LogP contribution in [-0.4, -0.2) is 93.7 Å². The molecule has 24 heavy (non-hydrogen) atoms. The fraction of sp³-hybridized carbons (Fsp3) is 0.933. The quantitative estimate of drug-likeness (QED) is 0.362. The molecule has 0 unspecified atom stereocenters. The first kappa shape index (κ1) is 21.9. The summed E-state index contributed by atoms with van der Waals surface area (Å²) in [6, 6.07) is 0. The molecule has 0 bridgehead atoms. The van der Waals surface area contributed by atoms with E-state index < -0.39 is 14.6 Å². The van der Waals surface area contributed by atoms with Crippen molar-refractivity contribution in [3.8, 4) is 0 Å². The van der Waals surface area contributed by atoms with Crippen LogP contribution in [0.25, 0.3) is 0 Å². The number of guanidine groups is 1. The third-order valence-corrected chi connectivity index (χ3v) is 6.99. The summed E-state index contributed by atoms with van der Waals surface area (Å²) in [5.41, 5.74) is 0. The van der Waals surface area contributed by atoms with E-state index in [9.17, 15) is 8.42 Å². The first-order chi connectivity index (χ1) is 10.9. The van der Waals surface area contributed by atoms with E-state index in [1.54, 1.807) is 13.8 Å². The molecule has 2 rings (SSSR count). The molecule has 0 aromatic carbocycles. The molecule has 0 radical (unpaired) electrons. The molecular weight excluding hydrogens is 443 g/mol. The number of nitrogens with zero attached hydrogens (tertiary/aromatic N) is 3. The Morgan fingerprint density at radius 3 is 2.50 bits per heavy atom. The molecule has 2 saturated heterocycles. The van der Waals surface area contributed by atoms with Gasteiger partial charge in [-0.2, -0.15) is 0 Å². The number of halogens is 1. The molecule has 0 saturated carbocycles. The lowest BCUT2D eigenvalue weighted by Gasteiger charge is -2.39. The number of hydrogen-bond acceptors (Lipinski definition) is 5. The van der Waals surface area contributed by atoms with Crippen molar-refractivity contribution in [3.05, 3.63) is 0 Å². The summed E-state index contributed by atoms with van der Waals surface area (Å²) in [6.45, 7) is 12.5. The van der Waals surface area contributed by atoms with Gasteiger partial charge in [-0.1, -0.05) is 0 Å². The van der Waals surface area contributed by atoms with Crippen LogP contribution in [0.3, 0.4) is 0 Å². The smallest absolute Gasteiger partial charge is 0.194 e. The van der Waals surface area contributed by atoms with E-state index in [1.165, 1.54) is 0 Å². The van der Waals surface area contributed by atoms with E-state index in [1.807, 2.05) is 6.92 Å². The average molecular weight is 474 g/mol. The van der Waals surface area contributed by atoms with E-state index in [-0.39, 0.29) is 29.7 Å². The van der Waals surface area contributed by atoms with Crippen LogP contribution in [0, 0.1) is 0 Å². The second-order valence-corrected chi connectivity index (χ2v) is 9.43. The van der Waals surface area contributed by atoms with E-state index in [0.717, 1.165) is 45.4 Å². The summed E-state index contributed by atoms with van der Waals surface area (Å²) in [7, 11) is -3.03. The normalized spacial score (nSPS) is 24.3. The highest BCUT2D eigenvalue weighted by Crippen LogP contribution is 2.23. The van der Waals surface area contributed by atoms with E-state index in [4.69, 9.17) is 9.73 Å². The minimum atomic E-state index is -3.03. The Morgan fingerprint density at radius 2 is 1.92 bits per heavy atom. The summed E-state index contributed by atoms with van der Waals surface area (Å²) in [4.78, 5) is 9.12. The van der Waals surface area contributed by atoms with Gasteiger partial charge in [-0.3, -0.25) is 9.89 Å². The van der Waals surface area contributed by atoms with Gasteiger partial charge in [0.2, 0.25) is 0 Å². The van der Waals surface area contributed by atoms with E-state index >= 15 is 0 Å². The van der Waals surface area contributed by atoms with Crippen molar-refractivity contribution in [2.24, 2.45) is 4.99 Å². The molecule has 2 fully saturated rings. The number of hydrogen-bond donors (Lipinski definition) is 1. The molecule has 0 spiro atoms. The molecule has 2 heterocycles. The Balaban J connectivity index is 0.00000288. The number of rotatable bonds is 4. The molecule has 0 aliphatic carbocycles. The van der Waals surface area contributed by atoms with Gasteiger partial charge >= 0.3 is 0 Å². The summed E-state index contributed by atoms with van der Waals surface area (Å²) < 4.78 is 28.9. The van der Waals surface area contributed by atoms with Crippen LogP contribution in [0.4, 0.5) is 0 Å². The summed E-state index contributed by atoms with van der Waals surface area (Å²) >= 11 is 0. The van der Waals surface area contributed by atoms with E-state index in [2.05, 4.69) is 15.1 Å². The van der Waals surface area contributed by atoms with Gasteiger partial charge in [0.25, 0.3) is 0 Å². The fourth-order valence-corrected chi connectivity index (χ4v) is 4.24. The van der Waals surface area contributed by atoms with Crippen molar-refractivity contribution >= 4 is 39.8 Å². The first-order valence-corrected chi connectivity index (χ1v) is 10.1. The lowest BCUT2D eigenvalue weighted by molar-refractivity contribution is 0.0394. The van der Waals surface area contributed by atoms with Crippen molar-refractivity contribution in [1.29, 1.82) is 0 Å². The zero-order valence-electron chi connectivity index (χ0n) is 15.0. The molecule has 142 valence electrons. The highest BCUT2D eigenvalue weighted by atomic mass is 127. The SMILES string of the molecule is CCNC(=NCCN1CCOCC1)N1CCS(=O)(=O)C(C)(C)C1.I. The Bertz CT molecular complexity index is 519. The Kier molecular flexibility index (Phi) is 8.71. The van der Waals surface area contributed by atoms with Crippen LogP contribution in [0.2, 0.25) is 0 Å². The Hall–Kier alpha value is -0.130. The zero-order chi connectivity index (χ0) is 16.9. The third-order valence-electron chi connectivity index (χ3n) is 4.46. The second-order valence-electron chi connectivity index (χ2n) is 6.69. The first-order valence-electron chi connectivity index (χ1n) is 8.41. The minimum absolute atomic E-state index is 0. The van der Waals surface area contributed by atoms with Gasteiger partial charge in [0.1, 0.15) is 0 Å². The third kappa shape index (κ3) is 5.70. The minimum Gasteiger partial charge on any atom is -0.379 e. The van der Waals surface area contributed by atoms with Gasteiger partial charge in [0.15, 0.2) is 15.8 Å². The van der Waals surface area contributed by atoms with Gasteiger partial charge in [-0.15, -0.1) is 24.0 Å². The summed E-state index contributed by atoms with van der Waals surface area (Å²) in [6.07, 6.45) is 0. The predicted molar refractivity (Wildman–Crippen MR) is 108 cm³/mol. The average Bonchev–Trinajstić information content (AvgIpc) is 2.50. The van der Waals surface area contributed by atoms with Gasteiger partial charge < -0.3 is 15.0 Å². The number of aliphatic imine (C=N–C) groups is 1. The second kappa shape index (κ2) is 9.54. The number of sulfone groups is 1. The van der Waals surface area contributed by atoms with Crippen molar-refractivity contribution in [2.45, 2.75) is 25.5 Å². The molecule has 0 aromatic rings. The lowest BCUT2D eigenvalue weighted by Crippen LogP contribution is -2.57. The van der Waals surface area contributed by atoms with Crippen LogP contribution < -0.4 is 5.32 Å². The van der Waals surface area contributed by atoms with Gasteiger partial charge in [0.05, 0.1) is 30.3 Å². The lowest BCUT2D eigenvalue weighted by atomic mass is 10.2. The predicted octanol–water partition coefficient (Wildman–Crippen LogP) is 0.411. The maximum Gasteiger partial charge on any atom is 0.194 e. The number of morpholine rings is 1. The molecule has 0 aromatic heterocycles. The van der Waals surface area contributed by atoms with Crippen LogP contribution in [0.1, 0.15) is 20.8 Å². The van der Waals surface area contributed by atoms with Crippen molar-refractivity contribution < 1.29 is 13.2 Å². The fourth-order valence-electron chi connectivity index (χ4n) is 2.87.